The van der Waals surface area contributed by atoms with Gasteiger partial charge in [0.05, 0.1) is 0 Å². The van der Waals surface area contributed by atoms with Gasteiger partial charge in [-0.25, -0.2) is 0 Å². The Hall–Kier alpha value is -1.61. The van der Waals surface area contributed by atoms with E-state index in [1.165, 1.54) is 47.7 Å². The minimum absolute atomic E-state index is 0.354. The van der Waals surface area contributed by atoms with Gasteiger partial charge in [-0.2, -0.15) is 0 Å². The van der Waals surface area contributed by atoms with Crippen LogP contribution < -0.4 is 14.8 Å². The zero-order valence-electron chi connectivity index (χ0n) is 18.7. The van der Waals surface area contributed by atoms with Crippen molar-refractivity contribution >= 4 is 29.8 Å². The Kier molecular flexibility index (Phi) is 5.88. The van der Waals surface area contributed by atoms with Crippen LogP contribution in [0.2, 0.25) is 0 Å². The van der Waals surface area contributed by atoms with E-state index >= 15 is 0 Å². The standard InChI is InChI=1S/C25H34N3Se/c1-26(2)18-9-7-17(8-10-18)25-21-13-11-19(27(3)4)15-23(21)29-24-16-20(28(5)6)12-14-22(24)25/h11-18H,7-10H2,1-6H3/q+1. The average Bonchev–Trinajstić information content (AvgIpc) is 2.71. The number of hydrogen-bond donors (Lipinski definition) is 0. The molecule has 4 heteroatoms. The van der Waals surface area contributed by atoms with Crippen molar-refractivity contribution in [3.63, 3.8) is 0 Å². The Morgan fingerprint density at radius 3 is 2.24 bits per heavy atom. The van der Waals surface area contributed by atoms with Gasteiger partial charge in [0.2, 0.25) is 0 Å². The molecule has 2 aliphatic carbocycles. The van der Waals surface area contributed by atoms with Gasteiger partial charge in [0.25, 0.3) is 0 Å². The summed E-state index contributed by atoms with van der Waals surface area (Å²) < 4.78 is 5.33. The molecule has 29 heavy (non-hydrogen) atoms. The molecule has 0 aromatic heterocycles. The number of hydrogen-bond acceptors (Lipinski definition) is 2. The summed E-state index contributed by atoms with van der Waals surface area (Å²) in [7, 11) is 13.0. The van der Waals surface area contributed by atoms with Gasteiger partial charge in [-0.3, -0.25) is 0 Å². The first-order chi connectivity index (χ1) is 13.8. The molecular formula is C25H34N3Se+. The van der Waals surface area contributed by atoms with E-state index in [0.717, 1.165) is 6.04 Å². The molecule has 1 heterocycles. The van der Waals surface area contributed by atoms with Crippen molar-refractivity contribution in [2.45, 2.75) is 37.6 Å². The van der Waals surface area contributed by atoms with Crippen LogP contribution in [-0.2, 0) is 0 Å². The molecule has 0 unspecified atom stereocenters. The van der Waals surface area contributed by atoms with Crippen LogP contribution in [-0.4, -0.2) is 67.7 Å². The predicted octanol–water partition coefficient (Wildman–Crippen LogP) is 3.69. The van der Waals surface area contributed by atoms with Gasteiger partial charge in [-0.15, -0.1) is 0 Å². The van der Waals surface area contributed by atoms with Crippen LogP contribution in [0.3, 0.4) is 0 Å². The molecule has 0 atom stereocenters. The van der Waals surface area contributed by atoms with Crippen LogP contribution in [0.25, 0.3) is 19.6 Å². The van der Waals surface area contributed by atoms with E-state index in [2.05, 4.69) is 93.1 Å². The molecule has 0 N–H and O–H groups in total. The molecule has 1 aliphatic heterocycles. The van der Waals surface area contributed by atoms with Crippen molar-refractivity contribution in [1.29, 1.82) is 0 Å². The second kappa shape index (κ2) is 8.26. The fourth-order valence-corrected chi connectivity index (χ4v) is 7.24. The monoisotopic (exact) mass is 456 g/mol. The molecule has 3 aliphatic rings. The molecule has 4 rings (SSSR count). The molecular weight excluding hydrogens is 421 g/mol. The number of rotatable bonds is 3. The van der Waals surface area contributed by atoms with Crippen LogP contribution in [0.1, 0.15) is 37.2 Å². The van der Waals surface area contributed by atoms with Crippen molar-refractivity contribution in [2.24, 2.45) is 0 Å². The second-order valence-corrected chi connectivity index (χ2v) is 11.4. The molecule has 1 aromatic rings. The third kappa shape index (κ3) is 4.03. The van der Waals surface area contributed by atoms with E-state index in [1.54, 1.807) is 14.3 Å². The summed E-state index contributed by atoms with van der Waals surface area (Å²) in [4.78, 5) is 4.64. The minimum atomic E-state index is 0.354. The topological polar surface area (TPSA) is 9.49 Å². The Labute approximate surface area is 181 Å². The molecule has 0 spiro atoms. The zero-order valence-corrected chi connectivity index (χ0v) is 20.4. The fourth-order valence-electron chi connectivity index (χ4n) is 4.78. The number of fused-ring (bicyclic) bond motifs is 2. The average molecular weight is 456 g/mol. The van der Waals surface area contributed by atoms with Crippen LogP contribution in [0.5, 0.6) is 0 Å². The molecule has 1 aromatic carbocycles. The summed E-state index contributed by atoms with van der Waals surface area (Å²) in [5, 5.41) is 2.84. The SMILES string of the molecule is CN(C)c1ccc2c(C3CCC(N(C)C)CC3)c3ccc(=[N+](C)C)cc-3[se]c2c1. The molecule has 0 amide bonds. The Morgan fingerprint density at radius 1 is 0.897 bits per heavy atom. The fraction of sp³-hybridized carbons (Fsp3) is 0.480. The first kappa shape index (κ1) is 20.7. The van der Waals surface area contributed by atoms with Gasteiger partial charge in [0.1, 0.15) is 0 Å². The van der Waals surface area contributed by atoms with Gasteiger partial charge in [-0.1, -0.05) is 0 Å². The molecule has 1 saturated carbocycles. The maximum atomic E-state index is 2.44. The van der Waals surface area contributed by atoms with Gasteiger partial charge in [0, 0.05) is 0 Å². The summed E-state index contributed by atoms with van der Waals surface area (Å²) in [5.41, 5.74) is 4.46. The van der Waals surface area contributed by atoms with Crippen LogP contribution in [0.4, 0.5) is 5.69 Å². The summed E-state index contributed by atoms with van der Waals surface area (Å²) in [5.74, 6) is 0.676. The van der Waals surface area contributed by atoms with Crippen molar-refractivity contribution < 1.29 is 0 Å². The van der Waals surface area contributed by atoms with Gasteiger partial charge < -0.3 is 0 Å². The van der Waals surface area contributed by atoms with Crippen molar-refractivity contribution in [2.75, 3.05) is 47.2 Å². The second-order valence-electron chi connectivity index (χ2n) is 9.13. The molecule has 0 saturated heterocycles. The molecule has 0 radical (unpaired) electrons. The normalized spacial score (nSPS) is 19.8. The summed E-state index contributed by atoms with van der Waals surface area (Å²) in [6.07, 6.45) is 5.22. The van der Waals surface area contributed by atoms with Gasteiger partial charge in [0.15, 0.2) is 0 Å². The zero-order chi connectivity index (χ0) is 20.7. The first-order valence-corrected chi connectivity index (χ1v) is 12.4. The van der Waals surface area contributed by atoms with E-state index in [4.69, 9.17) is 0 Å². The number of anilines is 1. The first-order valence-electron chi connectivity index (χ1n) is 10.7. The maximum absolute atomic E-state index is 2.44. The third-order valence-corrected chi connectivity index (χ3v) is 8.94. The summed E-state index contributed by atoms with van der Waals surface area (Å²) in [6.45, 7) is 0. The number of benzene rings is 2. The molecule has 3 nitrogen and oxygen atoms in total. The van der Waals surface area contributed by atoms with Gasteiger partial charge >= 0.3 is 181 Å². The van der Waals surface area contributed by atoms with Crippen molar-refractivity contribution in [3.05, 3.63) is 47.3 Å². The molecule has 1 fully saturated rings. The van der Waals surface area contributed by atoms with Crippen molar-refractivity contribution in [1.82, 2.24) is 9.48 Å². The van der Waals surface area contributed by atoms with Crippen molar-refractivity contribution in [3.8, 4) is 10.0 Å². The number of nitrogens with zero attached hydrogens (tertiary/aromatic N) is 3. The predicted molar refractivity (Wildman–Crippen MR) is 128 cm³/mol. The van der Waals surface area contributed by atoms with E-state index in [9.17, 15) is 0 Å². The Balaban J connectivity index is 1.91. The van der Waals surface area contributed by atoms with E-state index in [-0.39, 0.29) is 0 Å². The van der Waals surface area contributed by atoms with E-state index in [0.29, 0.717) is 20.4 Å². The van der Waals surface area contributed by atoms with Crippen LogP contribution in [0.15, 0.2) is 36.4 Å². The third-order valence-electron chi connectivity index (χ3n) is 6.60. The van der Waals surface area contributed by atoms with Crippen LogP contribution >= 0.6 is 0 Å². The van der Waals surface area contributed by atoms with Gasteiger partial charge in [-0.05, 0) is 0 Å². The Morgan fingerprint density at radius 2 is 1.62 bits per heavy atom. The van der Waals surface area contributed by atoms with E-state index in [1.807, 2.05) is 0 Å². The Bertz CT molecular complexity index is 1050. The quantitative estimate of drug-likeness (QED) is 0.339. The molecule has 0 bridgehead atoms. The summed E-state index contributed by atoms with van der Waals surface area (Å²) >= 11 is 0.354. The van der Waals surface area contributed by atoms with Crippen LogP contribution in [0, 0.1) is 0 Å². The van der Waals surface area contributed by atoms with E-state index < -0.39 is 0 Å². The molecule has 154 valence electrons. The summed E-state index contributed by atoms with van der Waals surface area (Å²) in [6, 6.07) is 15.0.